The van der Waals surface area contributed by atoms with Gasteiger partial charge in [-0.15, -0.1) is 0 Å². The van der Waals surface area contributed by atoms with Crippen LogP contribution in [0.3, 0.4) is 0 Å². The molecule has 0 saturated heterocycles. The number of aromatic nitrogens is 2. The van der Waals surface area contributed by atoms with Gasteiger partial charge in [-0.25, -0.2) is 13.8 Å². The number of hydrogen-bond acceptors (Lipinski definition) is 4. The first-order chi connectivity index (χ1) is 19.2. The van der Waals surface area contributed by atoms with E-state index in [0.29, 0.717) is 11.0 Å². The number of halogens is 4. The number of carbonyl (C=O) groups is 1. The molecule has 11 heteroatoms. The largest absolute Gasteiger partial charge is 0.434 e. The number of benzene rings is 3. The smallest absolute Gasteiger partial charge is 0.387 e. The van der Waals surface area contributed by atoms with Crippen molar-refractivity contribution in [2.45, 2.75) is 25.1 Å². The third kappa shape index (κ3) is 3.57. The summed E-state index contributed by atoms with van der Waals surface area (Å²) in [5, 5.41) is -0.215. The normalized spacial score (nSPS) is 20.1. The molecular weight excluding hydrogens is 521 g/mol. The van der Waals surface area contributed by atoms with Crippen LogP contribution in [0.5, 0.6) is 5.75 Å². The minimum absolute atomic E-state index is 0.0171. The summed E-state index contributed by atoms with van der Waals surface area (Å²) >= 11 is 0. The van der Waals surface area contributed by atoms with Crippen molar-refractivity contribution in [3.05, 3.63) is 77.1 Å². The number of ether oxygens (including phenoxy) is 1. The molecule has 38 heavy (non-hydrogen) atoms. The Morgan fingerprint density at radius 2 is 1.87 bits per heavy atom. The molecule has 1 aromatic heterocycles. The van der Waals surface area contributed by atoms with Crippen LogP contribution in [-0.2, 0) is 4.57 Å². The van der Waals surface area contributed by atoms with Crippen molar-refractivity contribution in [2.75, 3.05) is 20.3 Å². The molecule has 2 aliphatic rings. The highest BCUT2D eigenvalue weighted by Crippen LogP contribution is 2.50. The van der Waals surface area contributed by atoms with Gasteiger partial charge in [0.15, 0.2) is 11.6 Å². The average Bonchev–Trinajstić information content (AvgIpc) is 3.36. The van der Waals surface area contributed by atoms with E-state index in [1.54, 1.807) is 10.6 Å². The molecule has 3 heterocycles. The number of fused-ring (bicyclic) bond motifs is 9. The van der Waals surface area contributed by atoms with E-state index >= 15 is 4.39 Å². The Balaban J connectivity index is 1.60. The zero-order chi connectivity index (χ0) is 29.6. The molecule has 2 aliphatic heterocycles. The molecule has 2 bridgehead atoms. The number of nitrogens with zero attached hydrogens (tertiary/aromatic N) is 3. The zero-order valence-electron chi connectivity index (χ0n) is 23.1. The first kappa shape index (κ1) is 21.3. The Morgan fingerprint density at radius 1 is 1.08 bits per heavy atom. The molecule has 3 aromatic carbocycles. The number of carbonyl (C=O) groups excluding carboxylic acids is 1. The standard InChI is InChI=1S/C27H22F4N3O3P/c1-33-19-12-18(22-15(26(33)35)5-4-6-20(22)37-27(30)31)34-17-11-13(7-9-16(17)32-25(19)34)14-8-10-21(38(2,3)36)24(29)23(14)28/h4-11,18-19,27H,12H2,1-3H3/t18-,19-/m1/s1/i1D3. The van der Waals surface area contributed by atoms with Crippen LogP contribution in [0.15, 0.2) is 48.5 Å². The van der Waals surface area contributed by atoms with Gasteiger partial charge in [-0.3, -0.25) is 4.79 Å². The summed E-state index contributed by atoms with van der Waals surface area (Å²) in [6.07, 6.45) is 0.0171. The van der Waals surface area contributed by atoms with E-state index in [-0.39, 0.29) is 45.6 Å². The number of hydrogen-bond donors (Lipinski definition) is 0. The van der Waals surface area contributed by atoms with Gasteiger partial charge in [0.05, 0.1) is 28.4 Å². The highest BCUT2D eigenvalue weighted by atomic mass is 31.2. The Kier molecular flexibility index (Phi) is 4.72. The molecule has 0 saturated carbocycles. The topological polar surface area (TPSA) is 64.4 Å². The van der Waals surface area contributed by atoms with E-state index in [2.05, 4.69) is 4.98 Å². The predicted molar refractivity (Wildman–Crippen MR) is 135 cm³/mol. The second-order valence-corrected chi connectivity index (χ2v) is 12.9. The lowest BCUT2D eigenvalue weighted by atomic mass is 9.97. The van der Waals surface area contributed by atoms with Gasteiger partial charge in [-0.1, -0.05) is 18.2 Å². The Morgan fingerprint density at radius 3 is 2.58 bits per heavy atom. The summed E-state index contributed by atoms with van der Waals surface area (Å²) in [6.45, 7) is -3.41. The van der Waals surface area contributed by atoms with Gasteiger partial charge in [0.25, 0.3) is 5.91 Å². The maximum Gasteiger partial charge on any atom is 0.387 e. The van der Waals surface area contributed by atoms with Crippen LogP contribution in [0, 0.1) is 11.6 Å². The molecule has 0 aliphatic carbocycles. The fraction of sp³-hybridized carbons (Fsp3) is 0.259. The van der Waals surface area contributed by atoms with Crippen molar-refractivity contribution in [3.8, 4) is 16.9 Å². The molecular formula is C27H22F4N3O3P. The van der Waals surface area contributed by atoms with Gasteiger partial charge in [0.2, 0.25) is 0 Å². The maximum atomic E-state index is 15.2. The minimum atomic E-state index is -3.20. The molecule has 6 rings (SSSR count). The van der Waals surface area contributed by atoms with Crippen LogP contribution >= 0.6 is 7.14 Å². The first-order valence-electron chi connectivity index (χ1n) is 13.2. The third-order valence-corrected chi connectivity index (χ3v) is 8.61. The fourth-order valence-corrected chi connectivity index (χ4v) is 6.46. The third-order valence-electron chi connectivity index (χ3n) is 7.10. The Labute approximate surface area is 219 Å². The lowest BCUT2D eigenvalue weighted by molar-refractivity contribution is -0.0507. The summed E-state index contributed by atoms with van der Waals surface area (Å²) in [7, 11) is -3.09. The van der Waals surface area contributed by atoms with Crippen LogP contribution in [0.1, 0.15) is 44.4 Å². The quantitative estimate of drug-likeness (QED) is 0.235. The average molecular weight is 546 g/mol. The number of alkyl halides is 2. The summed E-state index contributed by atoms with van der Waals surface area (Å²) in [5.41, 5.74) is 0.908. The molecule has 0 radical (unpaired) electrons. The lowest BCUT2D eigenvalue weighted by Gasteiger charge is -2.24. The number of amides is 1. The van der Waals surface area contributed by atoms with Crippen LogP contribution in [0.4, 0.5) is 17.6 Å². The summed E-state index contributed by atoms with van der Waals surface area (Å²) in [6, 6.07) is 9.32. The lowest BCUT2D eigenvalue weighted by Crippen LogP contribution is -2.30. The van der Waals surface area contributed by atoms with E-state index in [1.165, 1.54) is 55.8 Å². The maximum absolute atomic E-state index is 15.2. The van der Waals surface area contributed by atoms with Crippen molar-refractivity contribution in [1.29, 1.82) is 0 Å². The fourth-order valence-electron chi connectivity index (χ4n) is 5.45. The predicted octanol–water partition coefficient (Wildman–Crippen LogP) is 5.95. The Bertz CT molecular complexity index is 1800. The molecule has 196 valence electrons. The second kappa shape index (κ2) is 8.43. The van der Waals surface area contributed by atoms with E-state index in [4.69, 9.17) is 8.85 Å². The highest BCUT2D eigenvalue weighted by Gasteiger charge is 2.45. The first-order valence-corrected chi connectivity index (χ1v) is 14.3. The van der Waals surface area contributed by atoms with Gasteiger partial charge < -0.3 is 18.8 Å². The highest BCUT2D eigenvalue weighted by molar-refractivity contribution is 7.70. The van der Waals surface area contributed by atoms with Crippen LogP contribution in [0.2, 0.25) is 0 Å². The van der Waals surface area contributed by atoms with Crippen molar-refractivity contribution in [1.82, 2.24) is 14.5 Å². The summed E-state index contributed by atoms with van der Waals surface area (Å²) in [4.78, 5) is 18.8. The van der Waals surface area contributed by atoms with Crippen molar-refractivity contribution in [3.63, 3.8) is 0 Å². The number of imidazole rings is 1. The molecule has 1 amide bonds. The van der Waals surface area contributed by atoms with Gasteiger partial charge in [0, 0.05) is 34.2 Å². The molecule has 0 N–H and O–H groups in total. The molecule has 6 nitrogen and oxygen atoms in total. The van der Waals surface area contributed by atoms with Gasteiger partial charge in [0.1, 0.15) is 18.7 Å². The summed E-state index contributed by atoms with van der Waals surface area (Å²) < 4.78 is 100. The van der Waals surface area contributed by atoms with Crippen molar-refractivity contribution >= 4 is 29.4 Å². The Hall–Kier alpha value is -3.65. The second-order valence-electron chi connectivity index (χ2n) is 9.69. The van der Waals surface area contributed by atoms with Crippen molar-refractivity contribution < 1.29 is 35.8 Å². The van der Waals surface area contributed by atoms with E-state index in [0.717, 1.165) is 4.90 Å². The minimum Gasteiger partial charge on any atom is -0.434 e. The molecule has 0 spiro atoms. The van der Waals surface area contributed by atoms with E-state index < -0.39 is 50.4 Å². The molecule has 0 fully saturated rings. The van der Waals surface area contributed by atoms with Gasteiger partial charge in [-0.2, -0.15) is 8.78 Å². The van der Waals surface area contributed by atoms with Gasteiger partial charge in [-0.05, 0) is 49.2 Å². The summed E-state index contributed by atoms with van der Waals surface area (Å²) in [5.74, 6) is -3.33. The zero-order valence-corrected chi connectivity index (χ0v) is 21.0. The van der Waals surface area contributed by atoms with Crippen molar-refractivity contribution in [2.24, 2.45) is 0 Å². The molecule has 0 unspecified atom stereocenters. The van der Waals surface area contributed by atoms with Gasteiger partial charge >= 0.3 is 6.61 Å². The molecule has 4 aromatic rings. The van der Waals surface area contributed by atoms with E-state index in [1.807, 2.05) is 0 Å². The molecule has 2 atom stereocenters. The monoisotopic (exact) mass is 546 g/mol. The van der Waals surface area contributed by atoms with E-state index in [9.17, 15) is 22.5 Å². The SMILES string of the molecule is [2H]C([2H])([2H])N1C(=O)c2cccc(OC(F)F)c2[C@H]2C[C@@H]1c1nc3ccc(-c4ccc(P(C)(C)=O)c(F)c4F)cc3n12. The van der Waals surface area contributed by atoms with Crippen LogP contribution < -0.4 is 10.0 Å². The van der Waals surface area contributed by atoms with Crippen LogP contribution in [0.25, 0.3) is 22.2 Å². The van der Waals surface area contributed by atoms with Crippen LogP contribution in [-0.4, -0.2) is 47.3 Å². The number of rotatable bonds is 4.